The van der Waals surface area contributed by atoms with Crippen molar-refractivity contribution in [2.45, 2.75) is 13.3 Å². The first-order valence-corrected chi connectivity index (χ1v) is 7.18. The zero-order valence-corrected chi connectivity index (χ0v) is 12.5. The van der Waals surface area contributed by atoms with Crippen molar-refractivity contribution in [3.05, 3.63) is 77.7 Å². The van der Waals surface area contributed by atoms with Gasteiger partial charge >= 0.3 is 0 Å². The van der Waals surface area contributed by atoms with Gasteiger partial charge in [0.1, 0.15) is 0 Å². The molecule has 110 valence electrons. The van der Waals surface area contributed by atoms with Gasteiger partial charge in [-0.25, -0.2) is 4.98 Å². The zero-order chi connectivity index (χ0) is 15.4. The number of benzene rings is 1. The molecule has 2 heterocycles. The molecule has 0 radical (unpaired) electrons. The molecule has 3 N–H and O–H groups in total. The van der Waals surface area contributed by atoms with Gasteiger partial charge in [0.2, 0.25) is 0 Å². The van der Waals surface area contributed by atoms with Crippen molar-refractivity contribution < 1.29 is 0 Å². The first kappa shape index (κ1) is 14.1. The highest BCUT2D eigenvalue weighted by atomic mass is 15.0. The SMILES string of the molecule is Cc1cnc(Nc2ccc(Cc3ccncc3)cc2)c(N)c1. The van der Waals surface area contributed by atoms with E-state index in [2.05, 4.69) is 27.4 Å². The van der Waals surface area contributed by atoms with E-state index < -0.39 is 0 Å². The normalized spacial score (nSPS) is 10.4. The molecule has 0 aliphatic rings. The van der Waals surface area contributed by atoms with Crippen LogP contribution in [0.25, 0.3) is 0 Å². The molecular weight excluding hydrogens is 272 g/mol. The maximum Gasteiger partial charge on any atom is 0.153 e. The van der Waals surface area contributed by atoms with Gasteiger partial charge in [0.15, 0.2) is 5.82 Å². The van der Waals surface area contributed by atoms with Crippen molar-refractivity contribution in [2.75, 3.05) is 11.1 Å². The van der Waals surface area contributed by atoms with Gasteiger partial charge in [0, 0.05) is 24.3 Å². The van der Waals surface area contributed by atoms with Crippen LogP contribution in [0.5, 0.6) is 0 Å². The molecule has 0 aliphatic heterocycles. The van der Waals surface area contributed by atoms with E-state index in [9.17, 15) is 0 Å². The Hall–Kier alpha value is -2.88. The Morgan fingerprint density at radius 3 is 2.36 bits per heavy atom. The Bertz CT molecular complexity index is 752. The Kier molecular flexibility index (Phi) is 4.01. The molecule has 0 bridgehead atoms. The van der Waals surface area contributed by atoms with E-state index in [1.807, 2.05) is 49.6 Å². The Morgan fingerprint density at radius 2 is 1.68 bits per heavy atom. The zero-order valence-electron chi connectivity index (χ0n) is 12.5. The van der Waals surface area contributed by atoms with Crippen LogP contribution < -0.4 is 11.1 Å². The second-order valence-corrected chi connectivity index (χ2v) is 5.30. The maximum atomic E-state index is 5.97. The minimum absolute atomic E-state index is 0.654. The molecule has 0 unspecified atom stereocenters. The number of nitrogens with two attached hydrogens (primary N) is 1. The lowest BCUT2D eigenvalue weighted by molar-refractivity contribution is 1.16. The van der Waals surface area contributed by atoms with Gasteiger partial charge < -0.3 is 11.1 Å². The van der Waals surface area contributed by atoms with Crippen molar-refractivity contribution in [1.29, 1.82) is 0 Å². The fraction of sp³-hybridized carbons (Fsp3) is 0.111. The van der Waals surface area contributed by atoms with Gasteiger partial charge in [-0.15, -0.1) is 0 Å². The Labute approximate surface area is 130 Å². The third-order valence-corrected chi connectivity index (χ3v) is 3.43. The minimum Gasteiger partial charge on any atom is -0.396 e. The van der Waals surface area contributed by atoms with E-state index in [1.165, 1.54) is 11.1 Å². The molecule has 4 nitrogen and oxygen atoms in total. The maximum absolute atomic E-state index is 5.97. The molecule has 0 amide bonds. The van der Waals surface area contributed by atoms with Crippen LogP contribution in [-0.2, 0) is 6.42 Å². The summed E-state index contributed by atoms with van der Waals surface area (Å²) in [5.74, 6) is 0.687. The van der Waals surface area contributed by atoms with Crippen LogP contribution in [-0.4, -0.2) is 9.97 Å². The summed E-state index contributed by atoms with van der Waals surface area (Å²) in [5.41, 5.74) is 11.2. The molecule has 2 aromatic heterocycles. The largest absolute Gasteiger partial charge is 0.396 e. The first-order chi connectivity index (χ1) is 10.7. The summed E-state index contributed by atoms with van der Waals surface area (Å²) in [5, 5.41) is 3.24. The molecule has 3 rings (SSSR count). The summed E-state index contributed by atoms with van der Waals surface area (Å²) < 4.78 is 0. The number of nitrogen functional groups attached to an aromatic ring is 1. The smallest absolute Gasteiger partial charge is 0.153 e. The predicted molar refractivity (Wildman–Crippen MR) is 90.2 cm³/mol. The lowest BCUT2D eigenvalue weighted by atomic mass is 10.1. The first-order valence-electron chi connectivity index (χ1n) is 7.18. The average molecular weight is 290 g/mol. The topological polar surface area (TPSA) is 63.8 Å². The van der Waals surface area contributed by atoms with Gasteiger partial charge in [0.05, 0.1) is 5.69 Å². The van der Waals surface area contributed by atoms with Gasteiger partial charge in [-0.2, -0.15) is 0 Å². The number of hydrogen-bond donors (Lipinski definition) is 2. The number of pyridine rings is 2. The highest BCUT2D eigenvalue weighted by Gasteiger charge is 2.02. The van der Waals surface area contributed by atoms with E-state index in [4.69, 9.17) is 5.73 Å². The third-order valence-electron chi connectivity index (χ3n) is 3.43. The van der Waals surface area contributed by atoms with Crippen molar-refractivity contribution in [2.24, 2.45) is 0 Å². The Balaban J connectivity index is 1.71. The summed E-state index contributed by atoms with van der Waals surface area (Å²) in [6, 6.07) is 14.3. The van der Waals surface area contributed by atoms with Gasteiger partial charge in [-0.1, -0.05) is 12.1 Å². The van der Waals surface area contributed by atoms with E-state index in [-0.39, 0.29) is 0 Å². The second kappa shape index (κ2) is 6.26. The average Bonchev–Trinajstić information content (AvgIpc) is 2.53. The highest BCUT2D eigenvalue weighted by Crippen LogP contribution is 2.22. The molecule has 3 aromatic rings. The van der Waals surface area contributed by atoms with Crippen LogP contribution in [0.3, 0.4) is 0 Å². The van der Waals surface area contributed by atoms with E-state index in [0.29, 0.717) is 11.5 Å². The summed E-state index contributed by atoms with van der Waals surface area (Å²) in [7, 11) is 0. The number of rotatable bonds is 4. The minimum atomic E-state index is 0.654. The number of nitrogens with one attached hydrogen (secondary N) is 1. The van der Waals surface area contributed by atoms with Crippen LogP contribution in [0, 0.1) is 6.92 Å². The van der Waals surface area contributed by atoms with E-state index in [0.717, 1.165) is 17.7 Å². The van der Waals surface area contributed by atoms with Crippen LogP contribution in [0.1, 0.15) is 16.7 Å². The standard InChI is InChI=1S/C18H18N4/c1-13-10-17(19)18(21-12-13)22-16-4-2-14(3-5-16)11-15-6-8-20-9-7-15/h2-10,12H,11,19H2,1H3,(H,21,22). The fourth-order valence-electron chi connectivity index (χ4n) is 2.28. The molecule has 0 fully saturated rings. The quantitative estimate of drug-likeness (QED) is 0.769. The molecular formula is C18H18N4. The Morgan fingerprint density at radius 1 is 1.00 bits per heavy atom. The van der Waals surface area contributed by atoms with Crippen LogP contribution in [0.2, 0.25) is 0 Å². The second-order valence-electron chi connectivity index (χ2n) is 5.30. The highest BCUT2D eigenvalue weighted by molar-refractivity contribution is 5.69. The summed E-state index contributed by atoms with van der Waals surface area (Å²) in [4.78, 5) is 8.35. The number of nitrogens with zero attached hydrogens (tertiary/aromatic N) is 2. The third kappa shape index (κ3) is 3.41. The molecule has 0 spiro atoms. The van der Waals surface area contributed by atoms with Crippen LogP contribution in [0.15, 0.2) is 61.1 Å². The molecule has 22 heavy (non-hydrogen) atoms. The van der Waals surface area contributed by atoms with Crippen LogP contribution in [0.4, 0.5) is 17.2 Å². The number of hydrogen-bond acceptors (Lipinski definition) is 4. The van der Waals surface area contributed by atoms with Crippen molar-refractivity contribution >= 4 is 17.2 Å². The van der Waals surface area contributed by atoms with Gasteiger partial charge in [-0.05, 0) is 60.4 Å². The number of anilines is 3. The van der Waals surface area contributed by atoms with Gasteiger partial charge in [0.25, 0.3) is 0 Å². The van der Waals surface area contributed by atoms with Crippen LogP contribution >= 0.6 is 0 Å². The molecule has 0 aliphatic carbocycles. The van der Waals surface area contributed by atoms with Crippen molar-refractivity contribution in [1.82, 2.24) is 9.97 Å². The molecule has 0 saturated heterocycles. The van der Waals surface area contributed by atoms with Crippen molar-refractivity contribution in [3.8, 4) is 0 Å². The van der Waals surface area contributed by atoms with E-state index in [1.54, 1.807) is 6.20 Å². The summed E-state index contributed by atoms with van der Waals surface area (Å²) in [6.07, 6.45) is 6.33. The summed E-state index contributed by atoms with van der Waals surface area (Å²) >= 11 is 0. The molecule has 1 aromatic carbocycles. The lowest BCUT2D eigenvalue weighted by Gasteiger charge is -2.09. The predicted octanol–water partition coefficient (Wildman–Crippen LogP) is 3.70. The van der Waals surface area contributed by atoms with E-state index >= 15 is 0 Å². The molecule has 0 saturated carbocycles. The summed E-state index contributed by atoms with van der Waals surface area (Å²) in [6.45, 7) is 1.97. The molecule has 0 atom stereocenters. The number of aryl methyl sites for hydroxylation is 1. The number of aromatic nitrogens is 2. The molecule has 4 heteroatoms. The monoisotopic (exact) mass is 290 g/mol. The van der Waals surface area contributed by atoms with Gasteiger partial charge in [-0.3, -0.25) is 4.98 Å². The van der Waals surface area contributed by atoms with Crippen molar-refractivity contribution in [3.63, 3.8) is 0 Å². The lowest BCUT2D eigenvalue weighted by Crippen LogP contribution is -1.99. The fourth-order valence-corrected chi connectivity index (χ4v) is 2.28.